The standard InChI is InChI=1S/C16H19F3N4O3.ClH/c17-16(18,19)13(23-5-3-20-4-6-23)8-21-15(25)10-1-2-11-12(7-10)26-9-14(24)22-11;/h1-2,7,13,20H,3-6,8-9H2,(H,21,25)(H,22,24);1H. The Labute approximate surface area is 160 Å². The van der Waals surface area contributed by atoms with Gasteiger partial charge in [-0.05, 0) is 18.2 Å². The van der Waals surface area contributed by atoms with Crippen LogP contribution in [0.15, 0.2) is 18.2 Å². The van der Waals surface area contributed by atoms with Crippen LogP contribution in [0.3, 0.4) is 0 Å². The van der Waals surface area contributed by atoms with Crippen molar-refractivity contribution in [2.45, 2.75) is 12.2 Å². The van der Waals surface area contributed by atoms with Crippen LogP contribution in [0, 0.1) is 0 Å². The molecule has 11 heteroatoms. The molecule has 3 N–H and O–H groups in total. The quantitative estimate of drug-likeness (QED) is 0.692. The molecule has 27 heavy (non-hydrogen) atoms. The minimum absolute atomic E-state index is 0. The Balaban J connectivity index is 0.00000261. The number of anilines is 1. The second-order valence-corrected chi connectivity index (χ2v) is 6.10. The third-order valence-corrected chi connectivity index (χ3v) is 4.30. The number of carbonyl (C=O) groups excluding carboxylic acids is 2. The summed E-state index contributed by atoms with van der Waals surface area (Å²) in [6.07, 6.45) is -4.44. The minimum atomic E-state index is -4.44. The molecule has 2 heterocycles. The van der Waals surface area contributed by atoms with E-state index in [1.807, 2.05) is 0 Å². The van der Waals surface area contributed by atoms with E-state index in [-0.39, 0.29) is 43.6 Å². The average molecular weight is 409 g/mol. The highest BCUT2D eigenvalue weighted by atomic mass is 35.5. The second kappa shape index (κ2) is 8.77. The number of rotatable bonds is 4. The highest BCUT2D eigenvalue weighted by molar-refractivity contribution is 5.99. The zero-order chi connectivity index (χ0) is 18.7. The number of halogens is 4. The fraction of sp³-hybridized carbons (Fsp3) is 0.500. The van der Waals surface area contributed by atoms with Crippen LogP contribution in [0.25, 0.3) is 0 Å². The Hall–Kier alpha value is -2.04. The second-order valence-electron chi connectivity index (χ2n) is 6.10. The molecule has 3 rings (SSSR count). The van der Waals surface area contributed by atoms with Gasteiger partial charge < -0.3 is 20.7 Å². The van der Waals surface area contributed by atoms with E-state index in [0.29, 0.717) is 24.5 Å². The van der Waals surface area contributed by atoms with Crippen LogP contribution in [0.5, 0.6) is 5.75 Å². The number of ether oxygens (including phenoxy) is 1. The van der Waals surface area contributed by atoms with Gasteiger partial charge in [0, 0.05) is 38.3 Å². The Morgan fingerprint density at radius 3 is 2.67 bits per heavy atom. The number of amides is 2. The molecule has 7 nitrogen and oxygen atoms in total. The number of carbonyl (C=O) groups is 2. The van der Waals surface area contributed by atoms with Gasteiger partial charge in [0.15, 0.2) is 6.61 Å². The average Bonchev–Trinajstić information content (AvgIpc) is 2.61. The van der Waals surface area contributed by atoms with Crippen molar-refractivity contribution < 1.29 is 27.5 Å². The summed E-state index contributed by atoms with van der Waals surface area (Å²) in [6.45, 7) is 0.801. The van der Waals surface area contributed by atoms with Gasteiger partial charge in [0.2, 0.25) is 0 Å². The maximum Gasteiger partial charge on any atom is 0.405 e. The van der Waals surface area contributed by atoms with Gasteiger partial charge in [-0.25, -0.2) is 0 Å². The van der Waals surface area contributed by atoms with E-state index in [1.165, 1.54) is 23.1 Å². The van der Waals surface area contributed by atoms with Crippen LogP contribution in [0.2, 0.25) is 0 Å². The van der Waals surface area contributed by atoms with Crippen molar-refractivity contribution in [3.63, 3.8) is 0 Å². The van der Waals surface area contributed by atoms with Gasteiger partial charge in [-0.3, -0.25) is 14.5 Å². The number of piperazine rings is 1. The molecule has 1 aromatic carbocycles. The molecule has 1 unspecified atom stereocenters. The molecule has 0 saturated carbocycles. The molecule has 0 bridgehead atoms. The van der Waals surface area contributed by atoms with Crippen molar-refractivity contribution in [3.8, 4) is 5.75 Å². The molecular formula is C16H20ClF3N4O3. The lowest BCUT2D eigenvalue weighted by molar-refractivity contribution is -0.183. The Morgan fingerprint density at radius 1 is 1.30 bits per heavy atom. The number of benzene rings is 1. The monoisotopic (exact) mass is 408 g/mol. The summed E-state index contributed by atoms with van der Waals surface area (Å²) >= 11 is 0. The van der Waals surface area contributed by atoms with E-state index in [4.69, 9.17) is 4.74 Å². The summed E-state index contributed by atoms with van der Waals surface area (Å²) in [7, 11) is 0. The lowest BCUT2D eigenvalue weighted by atomic mass is 10.1. The third kappa shape index (κ3) is 5.24. The number of nitrogens with one attached hydrogen (secondary N) is 3. The summed E-state index contributed by atoms with van der Waals surface area (Å²) in [5.41, 5.74) is 0.591. The van der Waals surface area contributed by atoms with Crippen LogP contribution < -0.4 is 20.7 Å². The molecule has 1 atom stereocenters. The largest absolute Gasteiger partial charge is 0.482 e. The van der Waals surface area contributed by atoms with E-state index < -0.39 is 24.7 Å². The first-order valence-electron chi connectivity index (χ1n) is 8.21. The number of nitrogens with zero attached hydrogens (tertiary/aromatic N) is 1. The van der Waals surface area contributed by atoms with Crippen LogP contribution in [0.1, 0.15) is 10.4 Å². The van der Waals surface area contributed by atoms with Crippen molar-refractivity contribution in [2.75, 3.05) is 44.6 Å². The zero-order valence-electron chi connectivity index (χ0n) is 14.3. The topological polar surface area (TPSA) is 82.7 Å². The van der Waals surface area contributed by atoms with E-state index in [2.05, 4.69) is 16.0 Å². The Morgan fingerprint density at radius 2 is 2.00 bits per heavy atom. The molecule has 2 aliphatic rings. The molecule has 1 aromatic rings. The first-order chi connectivity index (χ1) is 12.3. The zero-order valence-corrected chi connectivity index (χ0v) is 15.1. The third-order valence-electron chi connectivity index (χ3n) is 4.30. The minimum Gasteiger partial charge on any atom is -0.482 e. The highest BCUT2D eigenvalue weighted by Gasteiger charge is 2.43. The number of hydrogen-bond acceptors (Lipinski definition) is 5. The highest BCUT2D eigenvalue weighted by Crippen LogP contribution is 2.29. The molecule has 0 aliphatic carbocycles. The molecule has 0 spiro atoms. The fourth-order valence-electron chi connectivity index (χ4n) is 2.95. The molecule has 0 aromatic heterocycles. The lowest BCUT2D eigenvalue weighted by Gasteiger charge is -2.35. The van der Waals surface area contributed by atoms with Crippen molar-refractivity contribution in [3.05, 3.63) is 23.8 Å². The molecular weight excluding hydrogens is 389 g/mol. The van der Waals surface area contributed by atoms with Gasteiger partial charge in [-0.1, -0.05) is 0 Å². The van der Waals surface area contributed by atoms with Gasteiger partial charge in [-0.2, -0.15) is 13.2 Å². The molecule has 0 radical (unpaired) electrons. The summed E-state index contributed by atoms with van der Waals surface area (Å²) in [5, 5.41) is 7.94. The smallest absolute Gasteiger partial charge is 0.405 e. The normalized spacial score (nSPS) is 18.4. The van der Waals surface area contributed by atoms with E-state index in [0.717, 1.165) is 0 Å². The molecule has 150 valence electrons. The maximum atomic E-state index is 13.3. The van der Waals surface area contributed by atoms with Gasteiger partial charge in [0.25, 0.3) is 11.8 Å². The maximum absolute atomic E-state index is 13.3. The summed E-state index contributed by atoms with van der Waals surface area (Å²) in [5.74, 6) is -0.622. The van der Waals surface area contributed by atoms with Crippen LogP contribution in [0.4, 0.5) is 18.9 Å². The van der Waals surface area contributed by atoms with E-state index in [9.17, 15) is 22.8 Å². The van der Waals surface area contributed by atoms with Crippen molar-refractivity contribution in [2.24, 2.45) is 0 Å². The van der Waals surface area contributed by atoms with Gasteiger partial charge >= 0.3 is 6.18 Å². The number of alkyl halides is 3. The van der Waals surface area contributed by atoms with Crippen molar-refractivity contribution in [1.82, 2.24) is 15.5 Å². The summed E-state index contributed by atoms with van der Waals surface area (Å²) in [4.78, 5) is 24.8. The van der Waals surface area contributed by atoms with Gasteiger partial charge in [-0.15, -0.1) is 12.4 Å². The predicted molar refractivity (Wildman–Crippen MR) is 94.4 cm³/mol. The van der Waals surface area contributed by atoms with Gasteiger partial charge in [0.05, 0.1) is 5.69 Å². The molecule has 1 fully saturated rings. The molecule has 1 saturated heterocycles. The summed E-state index contributed by atoms with van der Waals surface area (Å²) in [6, 6.07) is 2.58. The van der Waals surface area contributed by atoms with Crippen molar-refractivity contribution in [1.29, 1.82) is 0 Å². The number of fused-ring (bicyclic) bond motifs is 1. The first kappa shape index (κ1) is 21.3. The van der Waals surface area contributed by atoms with E-state index in [1.54, 1.807) is 0 Å². The van der Waals surface area contributed by atoms with Crippen LogP contribution >= 0.6 is 12.4 Å². The number of hydrogen-bond donors (Lipinski definition) is 3. The Bertz CT molecular complexity index is 696. The molecule has 2 amide bonds. The van der Waals surface area contributed by atoms with Crippen LogP contribution in [-0.4, -0.2) is 68.3 Å². The summed E-state index contributed by atoms with van der Waals surface area (Å²) < 4.78 is 45.3. The van der Waals surface area contributed by atoms with E-state index >= 15 is 0 Å². The SMILES string of the molecule is Cl.O=C1COc2cc(C(=O)NCC(N3CCNCC3)C(F)(F)F)ccc2N1. The van der Waals surface area contributed by atoms with Crippen LogP contribution in [-0.2, 0) is 4.79 Å². The van der Waals surface area contributed by atoms with Gasteiger partial charge in [0.1, 0.15) is 11.8 Å². The fourth-order valence-corrected chi connectivity index (χ4v) is 2.95. The lowest BCUT2D eigenvalue weighted by Crippen LogP contribution is -2.57. The predicted octanol–water partition coefficient (Wildman–Crippen LogP) is 1.01. The van der Waals surface area contributed by atoms with Crippen molar-refractivity contribution >= 4 is 29.9 Å². The first-order valence-corrected chi connectivity index (χ1v) is 8.21. The molecule has 2 aliphatic heterocycles. The Kier molecular flexibility index (Phi) is 6.90.